The van der Waals surface area contributed by atoms with Crippen LogP contribution in [0.5, 0.6) is 0 Å². The zero-order chi connectivity index (χ0) is 13.4. The molecule has 0 radical (unpaired) electrons. The number of nitrogens with zero attached hydrogens (tertiary/aromatic N) is 1. The van der Waals surface area contributed by atoms with Gasteiger partial charge in [0.25, 0.3) is 0 Å². The Morgan fingerprint density at radius 1 is 0.895 bits per heavy atom. The number of halogens is 2. The van der Waals surface area contributed by atoms with Gasteiger partial charge in [-0.15, -0.1) is 0 Å². The minimum atomic E-state index is -1.02. The lowest BCUT2D eigenvalue weighted by atomic mass is 10.2. The molecule has 0 aliphatic carbocycles. The molecule has 0 spiro atoms. The van der Waals surface area contributed by atoms with Gasteiger partial charge in [-0.1, -0.05) is 18.2 Å². The summed E-state index contributed by atoms with van der Waals surface area (Å²) >= 11 is 0. The molecule has 94 valence electrons. The first-order valence-corrected chi connectivity index (χ1v) is 5.72. The van der Waals surface area contributed by atoms with Gasteiger partial charge in [0.15, 0.2) is 17.1 Å². The first-order chi connectivity index (χ1) is 9.16. The van der Waals surface area contributed by atoms with Gasteiger partial charge >= 0.3 is 0 Å². The van der Waals surface area contributed by atoms with Crippen LogP contribution in [0.15, 0.2) is 59.5 Å². The van der Waals surface area contributed by atoms with E-state index in [1.807, 2.05) is 30.3 Å². The van der Waals surface area contributed by atoms with Crippen LogP contribution in [-0.2, 0) is 0 Å². The summed E-state index contributed by atoms with van der Waals surface area (Å²) in [6, 6.07) is 12.5. The van der Waals surface area contributed by atoms with Gasteiger partial charge < -0.3 is 4.57 Å². The fourth-order valence-corrected chi connectivity index (χ4v) is 2.06. The van der Waals surface area contributed by atoms with Crippen molar-refractivity contribution in [3.05, 3.63) is 76.6 Å². The second-order valence-electron chi connectivity index (χ2n) is 4.17. The molecule has 0 unspecified atom stereocenters. The van der Waals surface area contributed by atoms with Crippen LogP contribution in [0.25, 0.3) is 16.6 Å². The Labute approximate surface area is 107 Å². The third kappa shape index (κ3) is 1.91. The maximum absolute atomic E-state index is 13.4. The van der Waals surface area contributed by atoms with Crippen molar-refractivity contribution in [2.24, 2.45) is 0 Å². The molecular weight excluding hydrogens is 248 g/mol. The minimum absolute atomic E-state index is 0.158. The summed E-state index contributed by atoms with van der Waals surface area (Å²) in [6.45, 7) is 0. The normalized spacial score (nSPS) is 10.8. The van der Waals surface area contributed by atoms with Gasteiger partial charge in [0.05, 0.1) is 5.52 Å². The van der Waals surface area contributed by atoms with Crippen molar-refractivity contribution in [1.82, 2.24) is 4.57 Å². The maximum Gasteiger partial charge on any atom is 0.189 e. The summed E-state index contributed by atoms with van der Waals surface area (Å²) in [4.78, 5) is 11.7. The Morgan fingerprint density at radius 2 is 1.58 bits per heavy atom. The number of hydrogen-bond donors (Lipinski definition) is 0. The Hall–Kier alpha value is -2.49. The molecule has 1 aromatic heterocycles. The second kappa shape index (κ2) is 4.31. The highest BCUT2D eigenvalue weighted by Crippen LogP contribution is 2.19. The van der Waals surface area contributed by atoms with Crippen LogP contribution in [-0.4, -0.2) is 4.57 Å². The van der Waals surface area contributed by atoms with E-state index in [9.17, 15) is 13.6 Å². The van der Waals surface area contributed by atoms with E-state index in [0.717, 1.165) is 17.8 Å². The molecule has 0 atom stereocenters. The van der Waals surface area contributed by atoms with Gasteiger partial charge in [0.2, 0.25) is 0 Å². The molecule has 0 bridgehead atoms. The van der Waals surface area contributed by atoms with Crippen LogP contribution in [0.2, 0.25) is 0 Å². The Morgan fingerprint density at radius 3 is 2.32 bits per heavy atom. The largest absolute Gasteiger partial charge is 0.316 e. The predicted octanol–water partition coefficient (Wildman–Crippen LogP) is 3.27. The molecule has 0 aliphatic heterocycles. The van der Waals surface area contributed by atoms with Crippen molar-refractivity contribution >= 4 is 10.9 Å². The summed E-state index contributed by atoms with van der Waals surface area (Å²) < 4.78 is 28.3. The third-order valence-electron chi connectivity index (χ3n) is 2.97. The topological polar surface area (TPSA) is 22.0 Å². The number of benzene rings is 2. The highest BCUT2D eigenvalue weighted by atomic mass is 19.2. The van der Waals surface area contributed by atoms with E-state index in [4.69, 9.17) is 0 Å². The molecule has 0 saturated heterocycles. The van der Waals surface area contributed by atoms with Crippen molar-refractivity contribution in [3.8, 4) is 5.69 Å². The van der Waals surface area contributed by atoms with Gasteiger partial charge in [0.1, 0.15) is 0 Å². The zero-order valence-corrected chi connectivity index (χ0v) is 9.81. The van der Waals surface area contributed by atoms with Crippen molar-refractivity contribution in [2.75, 3.05) is 0 Å². The molecule has 2 aromatic carbocycles. The van der Waals surface area contributed by atoms with Crippen LogP contribution in [0.1, 0.15) is 0 Å². The molecule has 0 aliphatic rings. The molecule has 0 N–H and O–H groups in total. The molecule has 3 rings (SSSR count). The van der Waals surface area contributed by atoms with Gasteiger partial charge in [-0.2, -0.15) is 0 Å². The van der Waals surface area contributed by atoms with Crippen molar-refractivity contribution in [1.29, 1.82) is 0 Å². The van der Waals surface area contributed by atoms with E-state index in [1.54, 1.807) is 10.8 Å². The van der Waals surface area contributed by atoms with E-state index in [2.05, 4.69) is 0 Å². The molecule has 0 fully saturated rings. The molecule has 4 heteroatoms. The number of aromatic nitrogens is 1. The molecule has 3 aromatic rings. The lowest BCUT2D eigenvalue weighted by Crippen LogP contribution is -2.07. The fourth-order valence-electron chi connectivity index (χ4n) is 2.06. The van der Waals surface area contributed by atoms with Crippen LogP contribution in [0.3, 0.4) is 0 Å². The second-order valence-corrected chi connectivity index (χ2v) is 4.17. The molecule has 0 saturated carbocycles. The monoisotopic (exact) mass is 257 g/mol. The van der Waals surface area contributed by atoms with E-state index in [-0.39, 0.29) is 10.8 Å². The highest BCUT2D eigenvalue weighted by molar-refractivity contribution is 5.80. The van der Waals surface area contributed by atoms with Crippen LogP contribution < -0.4 is 5.43 Å². The predicted molar refractivity (Wildman–Crippen MR) is 69.5 cm³/mol. The lowest BCUT2D eigenvalue weighted by Gasteiger charge is -2.10. The highest BCUT2D eigenvalue weighted by Gasteiger charge is 2.09. The Balaban J connectivity index is 2.42. The van der Waals surface area contributed by atoms with Crippen LogP contribution in [0, 0.1) is 11.6 Å². The molecular formula is C15H9F2NO. The average Bonchev–Trinajstić information content (AvgIpc) is 2.42. The molecule has 19 heavy (non-hydrogen) atoms. The number of para-hydroxylation sites is 1. The Kier molecular flexibility index (Phi) is 2.63. The van der Waals surface area contributed by atoms with Crippen molar-refractivity contribution < 1.29 is 8.78 Å². The smallest absolute Gasteiger partial charge is 0.189 e. The van der Waals surface area contributed by atoms with Crippen molar-refractivity contribution in [2.45, 2.75) is 0 Å². The van der Waals surface area contributed by atoms with Gasteiger partial charge in [-0.25, -0.2) is 8.78 Å². The summed E-state index contributed by atoms with van der Waals surface area (Å²) in [5.74, 6) is -1.99. The van der Waals surface area contributed by atoms with Gasteiger partial charge in [-0.3, -0.25) is 4.79 Å². The van der Waals surface area contributed by atoms with E-state index in [0.29, 0.717) is 5.52 Å². The van der Waals surface area contributed by atoms with E-state index < -0.39 is 11.6 Å². The quantitative estimate of drug-likeness (QED) is 0.655. The number of pyridine rings is 1. The van der Waals surface area contributed by atoms with Gasteiger partial charge in [-0.05, 0) is 18.2 Å². The first kappa shape index (κ1) is 11.6. The maximum atomic E-state index is 13.4. The summed E-state index contributed by atoms with van der Waals surface area (Å²) in [6.07, 6.45) is 1.55. The minimum Gasteiger partial charge on any atom is -0.316 e. The van der Waals surface area contributed by atoms with Gasteiger partial charge in [0, 0.05) is 29.4 Å². The molecule has 2 nitrogen and oxygen atoms in total. The summed E-state index contributed by atoms with van der Waals surface area (Å²) in [5.41, 5.74) is 0.789. The molecule has 0 amide bonds. The lowest BCUT2D eigenvalue weighted by molar-refractivity contribution is 0.510. The third-order valence-corrected chi connectivity index (χ3v) is 2.97. The van der Waals surface area contributed by atoms with Crippen LogP contribution >= 0.6 is 0 Å². The Bertz CT molecular complexity index is 809. The SMILES string of the molecule is O=c1ccn(-c2ccccc2)c2cc(F)c(F)cc12. The number of rotatable bonds is 1. The first-order valence-electron chi connectivity index (χ1n) is 5.72. The summed E-state index contributed by atoms with van der Waals surface area (Å²) in [7, 11) is 0. The van der Waals surface area contributed by atoms with E-state index in [1.165, 1.54) is 6.07 Å². The number of fused-ring (bicyclic) bond motifs is 1. The van der Waals surface area contributed by atoms with Crippen molar-refractivity contribution in [3.63, 3.8) is 0 Å². The van der Waals surface area contributed by atoms with E-state index >= 15 is 0 Å². The summed E-state index contributed by atoms with van der Waals surface area (Å²) in [5, 5.41) is 0.158. The number of hydrogen-bond acceptors (Lipinski definition) is 1. The fraction of sp³-hybridized carbons (Fsp3) is 0. The average molecular weight is 257 g/mol. The van der Waals surface area contributed by atoms with Crippen LogP contribution in [0.4, 0.5) is 8.78 Å². The standard InChI is InChI=1S/C15H9F2NO/c16-12-8-11-14(9-13(12)17)18(7-6-15(11)19)10-4-2-1-3-5-10/h1-9H. The molecule has 1 heterocycles. The zero-order valence-electron chi connectivity index (χ0n) is 9.81.